The molecular formula is C20H20N2O4. The summed E-state index contributed by atoms with van der Waals surface area (Å²) in [7, 11) is 1.58. The van der Waals surface area contributed by atoms with E-state index in [1.54, 1.807) is 12.0 Å². The van der Waals surface area contributed by atoms with Gasteiger partial charge < -0.3 is 20.1 Å². The lowest BCUT2D eigenvalue weighted by Crippen LogP contribution is -2.43. The molecule has 134 valence electrons. The van der Waals surface area contributed by atoms with Crippen LogP contribution in [0.5, 0.6) is 5.75 Å². The molecule has 4 rings (SSSR count). The van der Waals surface area contributed by atoms with Crippen molar-refractivity contribution in [2.75, 3.05) is 25.6 Å². The van der Waals surface area contributed by atoms with E-state index in [2.05, 4.69) is 5.32 Å². The second-order valence-electron chi connectivity index (χ2n) is 6.65. The Labute approximate surface area is 151 Å². The number of hydrogen-bond acceptors (Lipinski definition) is 4. The van der Waals surface area contributed by atoms with Crippen molar-refractivity contribution in [1.82, 2.24) is 4.90 Å². The van der Waals surface area contributed by atoms with Crippen molar-refractivity contribution in [2.45, 2.75) is 17.9 Å². The van der Waals surface area contributed by atoms with E-state index in [0.717, 1.165) is 16.8 Å². The number of nitrogens with zero attached hydrogens (tertiary/aromatic N) is 1. The highest BCUT2D eigenvalue weighted by Gasteiger charge is 2.59. The molecule has 1 saturated heterocycles. The van der Waals surface area contributed by atoms with E-state index in [9.17, 15) is 14.7 Å². The van der Waals surface area contributed by atoms with E-state index < -0.39 is 18.1 Å². The number of aliphatic hydroxyl groups is 1. The molecule has 2 aliphatic rings. The first-order valence-corrected chi connectivity index (χ1v) is 8.57. The summed E-state index contributed by atoms with van der Waals surface area (Å²) < 4.78 is 5.33. The van der Waals surface area contributed by atoms with Crippen molar-refractivity contribution < 1.29 is 19.4 Å². The van der Waals surface area contributed by atoms with Gasteiger partial charge in [-0.1, -0.05) is 30.3 Å². The highest BCUT2D eigenvalue weighted by Crippen LogP contribution is 2.54. The van der Waals surface area contributed by atoms with Gasteiger partial charge >= 0.3 is 0 Å². The maximum atomic E-state index is 13.1. The van der Waals surface area contributed by atoms with Crippen molar-refractivity contribution >= 4 is 17.5 Å². The number of nitrogens with one attached hydrogen (secondary N) is 1. The molecular weight excluding hydrogens is 332 g/mol. The minimum atomic E-state index is -0.867. The second-order valence-corrected chi connectivity index (χ2v) is 6.65. The molecule has 0 aromatic heterocycles. The Hall–Kier alpha value is -2.86. The highest BCUT2D eigenvalue weighted by molar-refractivity contribution is 6.07. The Morgan fingerprint density at radius 1 is 1.31 bits per heavy atom. The smallest absolute Gasteiger partial charge is 0.248 e. The molecule has 2 N–H and O–H groups in total. The fourth-order valence-corrected chi connectivity index (χ4v) is 4.32. The molecule has 1 fully saturated rings. The zero-order valence-corrected chi connectivity index (χ0v) is 14.4. The Kier molecular flexibility index (Phi) is 3.92. The van der Waals surface area contributed by atoms with Crippen molar-refractivity contribution in [3.8, 4) is 5.75 Å². The number of methoxy groups -OCH3 is 1. The van der Waals surface area contributed by atoms with E-state index in [1.165, 1.54) is 0 Å². The van der Waals surface area contributed by atoms with Crippen LogP contribution in [0.15, 0.2) is 48.5 Å². The molecule has 1 spiro atoms. The van der Waals surface area contributed by atoms with Gasteiger partial charge in [-0.15, -0.1) is 0 Å². The van der Waals surface area contributed by atoms with Crippen LogP contribution in [0, 0.1) is 0 Å². The molecule has 0 radical (unpaired) electrons. The molecule has 0 saturated carbocycles. The molecule has 2 aliphatic heterocycles. The van der Waals surface area contributed by atoms with Crippen LogP contribution in [0.3, 0.4) is 0 Å². The zero-order chi connectivity index (χ0) is 18.3. The topological polar surface area (TPSA) is 78.9 Å². The van der Waals surface area contributed by atoms with Crippen LogP contribution >= 0.6 is 0 Å². The zero-order valence-electron chi connectivity index (χ0n) is 14.4. The molecule has 26 heavy (non-hydrogen) atoms. The van der Waals surface area contributed by atoms with Gasteiger partial charge in [-0.3, -0.25) is 9.59 Å². The van der Waals surface area contributed by atoms with Crippen molar-refractivity contribution in [2.24, 2.45) is 0 Å². The van der Waals surface area contributed by atoms with Gasteiger partial charge in [0.15, 0.2) is 0 Å². The molecule has 0 bridgehead atoms. The maximum absolute atomic E-state index is 13.1. The highest BCUT2D eigenvalue weighted by atomic mass is 16.5. The van der Waals surface area contributed by atoms with Crippen molar-refractivity contribution in [3.05, 3.63) is 59.7 Å². The van der Waals surface area contributed by atoms with Gasteiger partial charge in [-0.2, -0.15) is 0 Å². The second kappa shape index (κ2) is 6.14. The molecule has 2 aromatic rings. The average Bonchev–Trinajstić information content (AvgIpc) is 3.21. The molecule has 6 nitrogen and oxygen atoms in total. The maximum Gasteiger partial charge on any atom is 0.248 e. The third kappa shape index (κ3) is 2.22. The predicted octanol–water partition coefficient (Wildman–Crippen LogP) is 1.85. The monoisotopic (exact) mass is 352 g/mol. The van der Waals surface area contributed by atoms with Crippen molar-refractivity contribution in [1.29, 1.82) is 0 Å². The number of carbonyl (C=O) groups is 2. The molecule has 0 aliphatic carbocycles. The van der Waals surface area contributed by atoms with Crippen molar-refractivity contribution in [3.63, 3.8) is 0 Å². The molecule has 6 heteroatoms. The fourth-order valence-electron chi connectivity index (χ4n) is 4.32. The summed E-state index contributed by atoms with van der Waals surface area (Å²) in [5.74, 6) is 0.166. The summed E-state index contributed by atoms with van der Waals surface area (Å²) >= 11 is 0. The lowest BCUT2D eigenvalue weighted by molar-refractivity contribution is -0.136. The van der Waals surface area contributed by atoms with E-state index >= 15 is 0 Å². The molecule has 2 atom stereocenters. The minimum Gasteiger partial charge on any atom is -0.497 e. The number of ether oxygens (including phenoxy) is 1. The number of benzene rings is 2. The fraction of sp³-hybridized carbons (Fsp3) is 0.300. The Morgan fingerprint density at radius 3 is 2.88 bits per heavy atom. The minimum absolute atomic E-state index is 0.111. The van der Waals surface area contributed by atoms with Crippen LogP contribution in [0.2, 0.25) is 0 Å². The van der Waals surface area contributed by atoms with Gasteiger partial charge in [-0.05, 0) is 35.7 Å². The number of hydrogen-bond donors (Lipinski definition) is 2. The average molecular weight is 352 g/mol. The van der Waals surface area contributed by atoms with E-state index in [0.29, 0.717) is 18.7 Å². The first-order valence-electron chi connectivity index (χ1n) is 8.57. The molecule has 0 unspecified atom stereocenters. The van der Waals surface area contributed by atoms with Gasteiger partial charge in [0.1, 0.15) is 17.8 Å². The first-order chi connectivity index (χ1) is 12.6. The first kappa shape index (κ1) is 16.6. The molecule has 2 amide bonds. The lowest BCUT2D eigenvalue weighted by Gasteiger charge is -2.34. The van der Waals surface area contributed by atoms with Gasteiger partial charge in [0.25, 0.3) is 0 Å². The summed E-state index contributed by atoms with van der Waals surface area (Å²) in [6.07, 6.45) is 0.503. The Morgan fingerprint density at radius 2 is 2.12 bits per heavy atom. The molecule has 2 aromatic carbocycles. The number of fused-ring (bicyclic) bond motifs is 2. The van der Waals surface area contributed by atoms with Crippen LogP contribution in [0.4, 0.5) is 5.69 Å². The lowest BCUT2D eigenvalue weighted by atomic mass is 9.72. The van der Waals surface area contributed by atoms with Gasteiger partial charge in [0.2, 0.25) is 11.8 Å². The quantitative estimate of drug-likeness (QED) is 0.884. The number of carbonyl (C=O) groups excluding carboxylic acids is 2. The van der Waals surface area contributed by atoms with Crippen LogP contribution in [0.1, 0.15) is 23.6 Å². The summed E-state index contributed by atoms with van der Waals surface area (Å²) in [6.45, 7) is -0.178. The van der Waals surface area contributed by atoms with Crippen LogP contribution < -0.4 is 10.1 Å². The SMILES string of the molecule is COc1cccc([C@@H]2N(C(=O)CO)CC[C@]23C(=O)Nc2ccccc23)c1. The number of rotatable bonds is 3. The Bertz CT molecular complexity index is 882. The number of amides is 2. The van der Waals surface area contributed by atoms with Crippen LogP contribution in [-0.2, 0) is 15.0 Å². The van der Waals surface area contributed by atoms with Crippen LogP contribution in [-0.4, -0.2) is 42.1 Å². The Balaban J connectivity index is 1.91. The van der Waals surface area contributed by atoms with E-state index in [-0.39, 0.29) is 11.8 Å². The van der Waals surface area contributed by atoms with Gasteiger partial charge in [0.05, 0.1) is 13.2 Å². The van der Waals surface area contributed by atoms with E-state index in [4.69, 9.17) is 4.74 Å². The standard InChI is InChI=1S/C20H20N2O4/c1-26-14-6-4-5-13(11-14)18-20(9-10-22(18)17(24)12-23)15-7-2-3-8-16(15)21-19(20)25/h2-8,11,18,23H,9-10,12H2,1H3,(H,21,25)/t18-,20+/m0/s1. The third-order valence-corrected chi connectivity index (χ3v) is 5.45. The number of aliphatic hydroxyl groups excluding tert-OH is 1. The summed E-state index contributed by atoms with van der Waals surface area (Å²) in [5.41, 5.74) is 1.62. The van der Waals surface area contributed by atoms with E-state index in [1.807, 2.05) is 48.5 Å². The van der Waals surface area contributed by atoms with Gasteiger partial charge in [-0.25, -0.2) is 0 Å². The van der Waals surface area contributed by atoms with Crippen LogP contribution in [0.25, 0.3) is 0 Å². The molecule has 2 heterocycles. The summed E-state index contributed by atoms with van der Waals surface area (Å²) in [6, 6.07) is 14.5. The summed E-state index contributed by atoms with van der Waals surface area (Å²) in [5, 5.41) is 12.4. The van der Waals surface area contributed by atoms with Gasteiger partial charge in [0, 0.05) is 12.2 Å². The number of anilines is 1. The summed E-state index contributed by atoms with van der Waals surface area (Å²) in [4.78, 5) is 27.1. The predicted molar refractivity (Wildman–Crippen MR) is 95.9 cm³/mol. The third-order valence-electron chi connectivity index (χ3n) is 5.45. The largest absolute Gasteiger partial charge is 0.497 e. The number of likely N-dealkylation sites (tertiary alicyclic amines) is 1. The number of para-hydroxylation sites is 1. The normalized spacial score (nSPS) is 23.8.